The van der Waals surface area contributed by atoms with Crippen molar-refractivity contribution in [3.05, 3.63) is 11.6 Å². The average molecular weight is 541 g/mol. The molecular formula is C33H52N2O4. The van der Waals surface area contributed by atoms with Crippen molar-refractivity contribution in [3.63, 3.8) is 0 Å². The summed E-state index contributed by atoms with van der Waals surface area (Å²) in [6.07, 6.45) is 10.6. The molecule has 2 N–H and O–H groups in total. The fourth-order valence-corrected chi connectivity index (χ4v) is 11.3. The Bertz CT molecular complexity index is 1130. The number of nitrogens with one attached hydrogen (secondary N) is 1. The standard InChI is InChI=1S/C33H52N2O4/c1-20(36)34-25-11-12-31(6)24(28(25,2)3)10-13-33(8)26(31)23(37)18-21-22-19-30(5,27(38)35(9)39)15-14-29(22,4)16-17-32(21,33)7/h18,22,24-26,39H,10-17,19H2,1-9H3,(H,34,36)/t22?,24?,25-,26?,29-,30+,31+,32-,33-/m1/s1. The van der Waals surface area contributed by atoms with Crippen molar-refractivity contribution < 1.29 is 19.6 Å². The second-order valence-corrected chi connectivity index (χ2v) is 16.2. The van der Waals surface area contributed by atoms with Crippen LogP contribution in [-0.4, -0.2) is 41.0 Å². The fourth-order valence-electron chi connectivity index (χ4n) is 11.3. The molecule has 0 aromatic heterocycles. The van der Waals surface area contributed by atoms with Crippen LogP contribution in [-0.2, 0) is 14.4 Å². The molecule has 0 spiro atoms. The summed E-state index contributed by atoms with van der Waals surface area (Å²) in [4.78, 5) is 39.6. The number of rotatable bonds is 2. The molecule has 0 saturated heterocycles. The zero-order chi connectivity index (χ0) is 29.0. The maximum absolute atomic E-state index is 14.5. The molecule has 5 aliphatic carbocycles. The van der Waals surface area contributed by atoms with Crippen LogP contribution in [0.2, 0.25) is 0 Å². The van der Waals surface area contributed by atoms with Crippen LogP contribution in [0.15, 0.2) is 11.6 Å². The fraction of sp³-hybridized carbons (Fsp3) is 0.848. The van der Waals surface area contributed by atoms with Crippen LogP contribution in [0.25, 0.3) is 0 Å². The number of amides is 2. The monoisotopic (exact) mass is 540 g/mol. The second-order valence-electron chi connectivity index (χ2n) is 16.2. The van der Waals surface area contributed by atoms with E-state index in [9.17, 15) is 19.6 Å². The maximum Gasteiger partial charge on any atom is 0.251 e. The summed E-state index contributed by atoms with van der Waals surface area (Å²) in [5, 5.41) is 14.1. The Hall–Kier alpha value is -1.69. The van der Waals surface area contributed by atoms with Crippen molar-refractivity contribution in [2.45, 2.75) is 119 Å². The molecule has 5 rings (SSSR count). The highest BCUT2D eigenvalue weighted by Crippen LogP contribution is 2.75. The number of ketones is 1. The summed E-state index contributed by atoms with van der Waals surface area (Å²) in [5.74, 6) is 0.586. The third-order valence-electron chi connectivity index (χ3n) is 13.8. The summed E-state index contributed by atoms with van der Waals surface area (Å²) in [6, 6.07) is 0.135. The van der Waals surface area contributed by atoms with Gasteiger partial charge in [0.1, 0.15) is 0 Å². The average Bonchev–Trinajstić information content (AvgIpc) is 2.82. The number of carbonyl (C=O) groups excluding carboxylic acids is 3. The highest BCUT2D eigenvalue weighted by Gasteiger charge is 2.70. The van der Waals surface area contributed by atoms with Crippen molar-refractivity contribution in [1.82, 2.24) is 10.4 Å². The largest absolute Gasteiger partial charge is 0.353 e. The second kappa shape index (κ2) is 8.66. The van der Waals surface area contributed by atoms with Crippen molar-refractivity contribution in [3.8, 4) is 0 Å². The van der Waals surface area contributed by atoms with Crippen LogP contribution in [0.5, 0.6) is 0 Å². The van der Waals surface area contributed by atoms with Gasteiger partial charge < -0.3 is 5.32 Å². The van der Waals surface area contributed by atoms with Gasteiger partial charge in [0.05, 0.1) is 0 Å². The van der Waals surface area contributed by atoms with Crippen LogP contribution in [0.3, 0.4) is 0 Å². The van der Waals surface area contributed by atoms with Crippen LogP contribution in [0.4, 0.5) is 0 Å². The maximum atomic E-state index is 14.5. The zero-order valence-electron chi connectivity index (χ0n) is 25.9. The third-order valence-corrected chi connectivity index (χ3v) is 13.8. The van der Waals surface area contributed by atoms with E-state index in [-0.39, 0.29) is 62.6 Å². The van der Waals surface area contributed by atoms with Crippen molar-refractivity contribution in [1.29, 1.82) is 0 Å². The Balaban J connectivity index is 1.57. The molecule has 5 aliphatic rings. The van der Waals surface area contributed by atoms with Gasteiger partial charge in [-0.3, -0.25) is 19.6 Å². The van der Waals surface area contributed by atoms with E-state index < -0.39 is 5.41 Å². The van der Waals surface area contributed by atoms with E-state index in [1.54, 1.807) is 6.92 Å². The van der Waals surface area contributed by atoms with Gasteiger partial charge in [-0.05, 0) is 103 Å². The first-order valence-electron chi connectivity index (χ1n) is 15.4. The van der Waals surface area contributed by atoms with E-state index in [1.165, 1.54) is 12.6 Å². The normalized spacial score (nSPS) is 48.5. The lowest BCUT2D eigenvalue weighted by Crippen LogP contribution is -2.67. The zero-order valence-corrected chi connectivity index (χ0v) is 25.9. The van der Waals surface area contributed by atoms with Gasteiger partial charge in [0.15, 0.2) is 5.78 Å². The first-order valence-corrected chi connectivity index (χ1v) is 15.4. The van der Waals surface area contributed by atoms with Gasteiger partial charge in [0.25, 0.3) is 5.91 Å². The van der Waals surface area contributed by atoms with Gasteiger partial charge in [0, 0.05) is 31.3 Å². The summed E-state index contributed by atoms with van der Waals surface area (Å²) in [6.45, 7) is 17.8. The summed E-state index contributed by atoms with van der Waals surface area (Å²) < 4.78 is 0. The minimum Gasteiger partial charge on any atom is -0.353 e. The molecule has 6 nitrogen and oxygen atoms in total. The highest BCUT2D eigenvalue weighted by atomic mass is 16.5. The van der Waals surface area contributed by atoms with Gasteiger partial charge in [-0.25, -0.2) is 5.06 Å². The first-order chi connectivity index (χ1) is 17.9. The Morgan fingerprint density at radius 1 is 0.949 bits per heavy atom. The van der Waals surface area contributed by atoms with Gasteiger partial charge in [0.2, 0.25) is 5.91 Å². The molecule has 0 aromatic rings. The molecule has 4 fully saturated rings. The summed E-state index contributed by atoms with van der Waals surface area (Å²) in [5.41, 5.74) is 0.278. The number of allylic oxidation sites excluding steroid dienone is 2. The molecule has 39 heavy (non-hydrogen) atoms. The van der Waals surface area contributed by atoms with Crippen LogP contribution in [0.1, 0.15) is 113 Å². The van der Waals surface area contributed by atoms with Crippen molar-refractivity contribution >= 4 is 17.6 Å². The topological polar surface area (TPSA) is 86.7 Å². The number of hydroxylamine groups is 2. The van der Waals surface area contributed by atoms with Crippen molar-refractivity contribution in [2.24, 2.45) is 50.2 Å². The lowest BCUT2D eigenvalue weighted by atomic mass is 9.33. The third kappa shape index (κ3) is 3.78. The van der Waals surface area contributed by atoms with E-state index in [1.807, 2.05) is 13.0 Å². The minimum absolute atomic E-state index is 0.0294. The Kier molecular flexibility index (Phi) is 6.40. The van der Waals surface area contributed by atoms with Gasteiger partial charge in [-0.15, -0.1) is 0 Å². The SMILES string of the molecule is CC(=O)N[C@@H]1CC[C@@]2(C)C(CC[C@]3(C)C2C(=O)C=C2C4C[C@@](C)(C(=O)N(C)O)CC[C@]4(C)CC[C@]23C)C1(C)C. The quantitative estimate of drug-likeness (QED) is 0.317. The highest BCUT2D eigenvalue weighted by molar-refractivity contribution is 5.95. The van der Waals surface area contributed by atoms with E-state index in [0.717, 1.165) is 56.4 Å². The number of hydrogen-bond donors (Lipinski definition) is 2. The van der Waals surface area contributed by atoms with Gasteiger partial charge in [-0.1, -0.05) is 54.0 Å². The number of fused-ring (bicyclic) bond motifs is 7. The molecular weight excluding hydrogens is 488 g/mol. The summed E-state index contributed by atoms with van der Waals surface area (Å²) in [7, 11) is 1.43. The lowest BCUT2D eigenvalue weighted by Gasteiger charge is -2.70. The predicted molar refractivity (Wildman–Crippen MR) is 152 cm³/mol. The molecule has 0 aliphatic heterocycles. The van der Waals surface area contributed by atoms with E-state index >= 15 is 0 Å². The number of carbonyl (C=O) groups is 3. The molecule has 0 heterocycles. The van der Waals surface area contributed by atoms with Crippen LogP contribution < -0.4 is 5.32 Å². The molecule has 6 heteroatoms. The molecule has 218 valence electrons. The van der Waals surface area contributed by atoms with E-state index in [0.29, 0.717) is 12.3 Å². The Morgan fingerprint density at radius 2 is 1.59 bits per heavy atom. The summed E-state index contributed by atoms with van der Waals surface area (Å²) >= 11 is 0. The smallest absolute Gasteiger partial charge is 0.251 e. The molecule has 2 amide bonds. The van der Waals surface area contributed by atoms with E-state index in [2.05, 4.69) is 46.9 Å². The predicted octanol–water partition coefficient (Wildman–Crippen LogP) is 6.32. The molecule has 0 bridgehead atoms. The minimum atomic E-state index is -0.622. The van der Waals surface area contributed by atoms with Crippen LogP contribution >= 0.6 is 0 Å². The molecule has 0 radical (unpaired) electrons. The van der Waals surface area contributed by atoms with Crippen molar-refractivity contribution in [2.75, 3.05) is 7.05 Å². The van der Waals surface area contributed by atoms with E-state index in [4.69, 9.17) is 0 Å². The van der Waals surface area contributed by atoms with Gasteiger partial charge >= 0.3 is 0 Å². The van der Waals surface area contributed by atoms with Crippen LogP contribution in [0, 0.1) is 50.2 Å². The lowest BCUT2D eigenvalue weighted by molar-refractivity contribution is -0.191. The Morgan fingerprint density at radius 3 is 2.21 bits per heavy atom. The molecule has 4 saturated carbocycles. The molecule has 3 unspecified atom stereocenters. The Labute approximate surface area is 235 Å². The number of hydrogen-bond acceptors (Lipinski definition) is 4. The number of nitrogens with zero attached hydrogens (tertiary/aromatic N) is 1. The first kappa shape index (κ1) is 28.8. The molecule has 0 aromatic carbocycles. The van der Waals surface area contributed by atoms with Gasteiger partial charge in [-0.2, -0.15) is 0 Å². The molecule has 9 atom stereocenters.